The summed E-state index contributed by atoms with van der Waals surface area (Å²) in [6, 6.07) is 6.57. The molecule has 1 saturated heterocycles. The number of rotatable bonds is 7. The fourth-order valence-corrected chi connectivity index (χ4v) is 3.81. The highest BCUT2D eigenvalue weighted by atomic mass is 35.5. The number of likely N-dealkylation sites (N-methyl/N-ethyl adjacent to an activating group) is 1. The van der Waals surface area contributed by atoms with E-state index in [0.717, 1.165) is 17.4 Å². The van der Waals surface area contributed by atoms with Gasteiger partial charge >= 0.3 is 0 Å². The van der Waals surface area contributed by atoms with Gasteiger partial charge in [0.25, 0.3) is 11.8 Å². The number of hydrogen-bond donors (Lipinski definition) is 3. The van der Waals surface area contributed by atoms with Gasteiger partial charge in [0.05, 0.1) is 21.5 Å². The second-order valence-corrected chi connectivity index (χ2v) is 8.12. The smallest absolute Gasteiger partial charge is 0.261 e. The van der Waals surface area contributed by atoms with E-state index in [-0.39, 0.29) is 42.9 Å². The summed E-state index contributed by atoms with van der Waals surface area (Å²) in [7, 11) is 1.58. The second-order valence-electron chi connectivity index (χ2n) is 6.41. The van der Waals surface area contributed by atoms with Crippen LogP contribution in [-0.4, -0.2) is 57.1 Å². The molecule has 1 atom stereocenters. The number of thiophene rings is 1. The van der Waals surface area contributed by atoms with Gasteiger partial charge in [-0.2, -0.15) is 0 Å². The average molecular weight is 455 g/mol. The van der Waals surface area contributed by atoms with Crippen molar-refractivity contribution in [3.8, 4) is 0 Å². The highest BCUT2D eigenvalue weighted by Gasteiger charge is 2.24. The first-order valence-electron chi connectivity index (χ1n) is 9.08. The van der Waals surface area contributed by atoms with Crippen molar-refractivity contribution in [1.82, 2.24) is 10.6 Å². The van der Waals surface area contributed by atoms with Crippen molar-refractivity contribution in [2.45, 2.75) is 6.04 Å². The zero-order chi connectivity index (χ0) is 21.7. The first-order valence-corrected chi connectivity index (χ1v) is 10.3. The van der Waals surface area contributed by atoms with Crippen LogP contribution in [0.2, 0.25) is 4.34 Å². The maximum Gasteiger partial charge on any atom is 0.261 e. The third-order valence-electron chi connectivity index (χ3n) is 4.42. The fraction of sp³-hybridized carbons (Fsp3) is 0.316. The minimum Gasteiger partial charge on any atom is -0.370 e. The highest BCUT2D eigenvalue weighted by molar-refractivity contribution is 7.18. The number of morpholine rings is 1. The molecule has 2 heterocycles. The molecule has 11 heteroatoms. The molecule has 3 N–H and O–H groups in total. The van der Waals surface area contributed by atoms with E-state index in [0.29, 0.717) is 15.8 Å². The zero-order valence-electron chi connectivity index (χ0n) is 16.0. The number of anilines is 2. The first kappa shape index (κ1) is 22.2. The molecule has 0 aliphatic carbocycles. The third-order valence-corrected chi connectivity index (χ3v) is 5.65. The summed E-state index contributed by atoms with van der Waals surface area (Å²) < 4.78 is 20.1. The van der Waals surface area contributed by atoms with Crippen LogP contribution in [0.5, 0.6) is 0 Å². The predicted molar refractivity (Wildman–Crippen MR) is 113 cm³/mol. The molecule has 160 valence electrons. The van der Waals surface area contributed by atoms with Gasteiger partial charge in [0, 0.05) is 18.8 Å². The molecule has 1 aliphatic rings. The number of hydrogen-bond acceptors (Lipinski definition) is 6. The Labute approximate surface area is 181 Å². The van der Waals surface area contributed by atoms with Crippen LogP contribution in [0.3, 0.4) is 0 Å². The number of nitrogens with one attached hydrogen (secondary N) is 3. The van der Waals surface area contributed by atoms with E-state index >= 15 is 0 Å². The molecule has 3 rings (SSSR count). The molecule has 0 unspecified atom stereocenters. The van der Waals surface area contributed by atoms with Crippen LogP contribution in [0.15, 0.2) is 30.3 Å². The molecule has 1 aliphatic heterocycles. The van der Waals surface area contributed by atoms with Gasteiger partial charge in [0.15, 0.2) is 0 Å². The Kier molecular flexibility index (Phi) is 7.38. The molecular formula is C19H20ClFN4O4S. The standard InChI is InChI=1S/C19H20ClFN4O4S/c1-22-13(9-23-19(28)15-4-5-16(20)30-15)18(27)24-11-2-3-14(12(21)8-11)25-6-7-29-10-17(25)26/h2-5,8,13,22H,6-7,9-10H2,1H3,(H,23,28)(H,24,27)/t13-/m0/s1. The highest BCUT2D eigenvalue weighted by Crippen LogP contribution is 2.24. The largest absolute Gasteiger partial charge is 0.370 e. The van der Waals surface area contributed by atoms with Crippen LogP contribution in [0.25, 0.3) is 0 Å². The lowest BCUT2D eigenvalue weighted by Crippen LogP contribution is -2.47. The van der Waals surface area contributed by atoms with E-state index in [1.54, 1.807) is 19.2 Å². The molecule has 30 heavy (non-hydrogen) atoms. The first-order chi connectivity index (χ1) is 14.4. The molecule has 2 aromatic rings. The predicted octanol–water partition coefficient (Wildman–Crippen LogP) is 1.86. The van der Waals surface area contributed by atoms with Crippen LogP contribution in [0, 0.1) is 5.82 Å². The lowest BCUT2D eigenvalue weighted by molar-refractivity contribution is -0.125. The summed E-state index contributed by atoms with van der Waals surface area (Å²) in [5.74, 6) is -1.75. The van der Waals surface area contributed by atoms with Crippen molar-refractivity contribution >= 4 is 52.0 Å². The van der Waals surface area contributed by atoms with E-state index < -0.39 is 17.8 Å². The van der Waals surface area contributed by atoms with Crippen molar-refractivity contribution in [2.24, 2.45) is 0 Å². The number of halogens is 2. The van der Waals surface area contributed by atoms with E-state index in [1.807, 2.05) is 0 Å². The Morgan fingerprint density at radius 3 is 2.77 bits per heavy atom. The minimum absolute atomic E-state index is 0.0273. The number of nitrogens with zero attached hydrogens (tertiary/aromatic N) is 1. The van der Waals surface area contributed by atoms with Crippen LogP contribution < -0.4 is 20.9 Å². The minimum atomic E-state index is -0.743. The molecule has 8 nitrogen and oxygen atoms in total. The summed E-state index contributed by atoms with van der Waals surface area (Å²) in [4.78, 5) is 38.2. The lowest BCUT2D eigenvalue weighted by atomic mass is 10.2. The third kappa shape index (κ3) is 5.33. The Bertz CT molecular complexity index is 954. The van der Waals surface area contributed by atoms with Crippen LogP contribution in [0.4, 0.5) is 15.8 Å². The second kappa shape index (κ2) is 9.98. The molecular weight excluding hydrogens is 435 g/mol. The molecule has 0 saturated carbocycles. The fourth-order valence-electron chi connectivity index (χ4n) is 2.85. The van der Waals surface area contributed by atoms with Gasteiger partial charge in [-0.1, -0.05) is 11.6 Å². The van der Waals surface area contributed by atoms with Crippen LogP contribution in [0.1, 0.15) is 9.67 Å². The number of carbonyl (C=O) groups is 3. The van der Waals surface area contributed by atoms with Gasteiger partial charge in [0.2, 0.25) is 5.91 Å². The summed E-state index contributed by atoms with van der Waals surface area (Å²) in [6.45, 7) is 0.528. The molecule has 1 aromatic carbocycles. The lowest BCUT2D eigenvalue weighted by Gasteiger charge is -2.27. The molecule has 0 spiro atoms. The van der Waals surface area contributed by atoms with E-state index in [1.165, 1.54) is 17.0 Å². The maximum absolute atomic E-state index is 14.5. The summed E-state index contributed by atoms with van der Waals surface area (Å²) in [5.41, 5.74) is 0.368. The molecule has 1 aromatic heterocycles. The van der Waals surface area contributed by atoms with Gasteiger partial charge < -0.3 is 25.6 Å². The monoisotopic (exact) mass is 454 g/mol. The Hall–Kier alpha value is -2.53. The molecule has 3 amide bonds. The van der Waals surface area contributed by atoms with Gasteiger partial charge in [-0.05, 0) is 37.4 Å². The zero-order valence-corrected chi connectivity index (χ0v) is 17.6. The Balaban J connectivity index is 1.60. The number of carbonyl (C=O) groups excluding carboxylic acids is 3. The van der Waals surface area contributed by atoms with E-state index in [2.05, 4.69) is 16.0 Å². The van der Waals surface area contributed by atoms with E-state index in [9.17, 15) is 18.8 Å². The van der Waals surface area contributed by atoms with Crippen molar-refractivity contribution in [3.05, 3.63) is 45.4 Å². The van der Waals surface area contributed by atoms with Crippen molar-refractivity contribution in [3.63, 3.8) is 0 Å². The number of ether oxygens (including phenoxy) is 1. The quantitative estimate of drug-likeness (QED) is 0.593. The molecule has 0 bridgehead atoms. The average Bonchev–Trinajstić information content (AvgIpc) is 3.16. The van der Waals surface area contributed by atoms with Crippen LogP contribution in [-0.2, 0) is 14.3 Å². The maximum atomic E-state index is 14.5. The molecule has 1 fully saturated rings. The van der Waals surface area contributed by atoms with Gasteiger partial charge in [-0.15, -0.1) is 11.3 Å². The number of benzene rings is 1. The summed E-state index contributed by atoms with van der Waals surface area (Å²) >= 11 is 6.96. The van der Waals surface area contributed by atoms with E-state index in [4.69, 9.17) is 16.3 Å². The van der Waals surface area contributed by atoms with Gasteiger partial charge in [-0.25, -0.2) is 4.39 Å². The van der Waals surface area contributed by atoms with Gasteiger partial charge in [0.1, 0.15) is 18.5 Å². The Morgan fingerprint density at radius 1 is 1.33 bits per heavy atom. The van der Waals surface area contributed by atoms with Crippen molar-refractivity contribution < 1.29 is 23.5 Å². The SMILES string of the molecule is CN[C@@H](CNC(=O)c1ccc(Cl)s1)C(=O)Nc1ccc(N2CCOCC2=O)c(F)c1. The Morgan fingerprint density at radius 2 is 2.13 bits per heavy atom. The summed E-state index contributed by atoms with van der Waals surface area (Å²) in [5, 5.41) is 8.07. The number of amides is 3. The van der Waals surface area contributed by atoms with Crippen molar-refractivity contribution in [2.75, 3.05) is 43.6 Å². The van der Waals surface area contributed by atoms with Crippen LogP contribution >= 0.6 is 22.9 Å². The van der Waals surface area contributed by atoms with Crippen molar-refractivity contribution in [1.29, 1.82) is 0 Å². The summed E-state index contributed by atoms with van der Waals surface area (Å²) in [6.07, 6.45) is 0. The topological polar surface area (TPSA) is 99.8 Å². The normalized spacial score (nSPS) is 15.0. The molecule has 0 radical (unpaired) electrons. The van der Waals surface area contributed by atoms with Gasteiger partial charge in [-0.3, -0.25) is 14.4 Å².